The Morgan fingerprint density at radius 2 is 2.05 bits per heavy atom. The lowest BCUT2D eigenvalue weighted by atomic mass is 10.2. The fourth-order valence-corrected chi connectivity index (χ4v) is 2.43. The molecule has 1 N–H and O–H groups in total. The molecule has 0 atom stereocenters. The van der Waals surface area contributed by atoms with Crippen LogP contribution in [0.5, 0.6) is 11.6 Å². The minimum absolute atomic E-state index is 0.376. The van der Waals surface area contributed by atoms with E-state index in [1.54, 1.807) is 6.07 Å². The number of hydrogen-bond donors (Lipinski definition) is 1. The van der Waals surface area contributed by atoms with Crippen LogP contribution in [0.2, 0.25) is 5.02 Å². The molecule has 0 spiro atoms. The van der Waals surface area contributed by atoms with Crippen molar-refractivity contribution >= 4 is 27.5 Å². The lowest BCUT2D eigenvalue weighted by Gasteiger charge is -2.12. The van der Waals surface area contributed by atoms with Gasteiger partial charge >= 0.3 is 0 Å². The number of aryl methyl sites for hydroxylation is 1. The zero-order chi connectivity index (χ0) is 15.4. The van der Waals surface area contributed by atoms with Gasteiger partial charge in [0.15, 0.2) is 0 Å². The highest BCUT2D eigenvalue weighted by atomic mass is 79.9. The fraction of sp³-hybridized carbons (Fsp3) is 0.312. The summed E-state index contributed by atoms with van der Waals surface area (Å²) in [5.41, 5.74) is 1.83. The minimum Gasteiger partial charge on any atom is -0.439 e. The van der Waals surface area contributed by atoms with E-state index in [9.17, 15) is 0 Å². The van der Waals surface area contributed by atoms with Crippen molar-refractivity contribution in [3.05, 3.63) is 51.1 Å². The Kier molecular flexibility index (Phi) is 5.62. The molecule has 0 aliphatic rings. The highest BCUT2D eigenvalue weighted by Gasteiger charge is 2.08. The Bertz CT molecular complexity index is 632. The first-order valence-corrected chi connectivity index (χ1v) is 7.95. The molecule has 0 fully saturated rings. The summed E-state index contributed by atoms with van der Waals surface area (Å²) >= 11 is 9.61. The summed E-state index contributed by atoms with van der Waals surface area (Å²) in [6, 6.07) is 9.84. The monoisotopic (exact) mass is 368 g/mol. The van der Waals surface area contributed by atoms with Gasteiger partial charge in [-0.2, -0.15) is 0 Å². The summed E-state index contributed by atoms with van der Waals surface area (Å²) in [5, 5.41) is 3.95. The van der Waals surface area contributed by atoms with Gasteiger partial charge in [0.2, 0.25) is 5.88 Å². The van der Waals surface area contributed by atoms with Crippen molar-refractivity contribution in [1.29, 1.82) is 0 Å². The van der Waals surface area contributed by atoms with Gasteiger partial charge in [0.05, 0.1) is 10.7 Å². The molecule has 1 aromatic heterocycles. The molecule has 0 unspecified atom stereocenters. The zero-order valence-corrected chi connectivity index (χ0v) is 14.6. The van der Waals surface area contributed by atoms with Crippen LogP contribution in [-0.2, 0) is 6.54 Å². The van der Waals surface area contributed by atoms with E-state index in [2.05, 4.69) is 40.1 Å². The third kappa shape index (κ3) is 4.70. The largest absolute Gasteiger partial charge is 0.439 e. The predicted octanol–water partition coefficient (Wildman–Crippen LogP) is 5.10. The zero-order valence-electron chi connectivity index (χ0n) is 12.3. The first-order valence-electron chi connectivity index (χ1n) is 6.78. The Hall–Kier alpha value is -1.10. The summed E-state index contributed by atoms with van der Waals surface area (Å²) in [6.45, 7) is 6.78. The highest BCUT2D eigenvalue weighted by Crippen LogP contribution is 2.27. The quantitative estimate of drug-likeness (QED) is 0.796. The maximum absolute atomic E-state index is 6.17. The van der Waals surface area contributed by atoms with Crippen LogP contribution < -0.4 is 10.1 Å². The third-order valence-corrected chi connectivity index (χ3v) is 3.76. The van der Waals surface area contributed by atoms with E-state index in [1.165, 1.54) is 0 Å². The molecule has 0 saturated heterocycles. The van der Waals surface area contributed by atoms with Crippen LogP contribution in [0.15, 0.2) is 34.8 Å². The van der Waals surface area contributed by atoms with Crippen molar-refractivity contribution in [3.63, 3.8) is 0 Å². The second kappa shape index (κ2) is 7.25. The van der Waals surface area contributed by atoms with E-state index in [0.29, 0.717) is 23.5 Å². The topological polar surface area (TPSA) is 34.1 Å². The van der Waals surface area contributed by atoms with Crippen molar-refractivity contribution in [3.8, 4) is 11.6 Å². The van der Waals surface area contributed by atoms with Crippen LogP contribution >= 0.6 is 27.5 Å². The average Bonchev–Trinajstić information content (AvgIpc) is 2.42. The van der Waals surface area contributed by atoms with E-state index >= 15 is 0 Å². The smallest absolute Gasteiger partial charge is 0.219 e. The molecule has 0 aliphatic carbocycles. The molecule has 2 rings (SSSR count). The van der Waals surface area contributed by atoms with Gasteiger partial charge in [-0.1, -0.05) is 41.4 Å². The Morgan fingerprint density at radius 1 is 1.29 bits per heavy atom. The van der Waals surface area contributed by atoms with Gasteiger partial charge in [-0.05, 0) is 36.8 Å². The van der Waals surface area contributed by atoms with Crippen molar-refractivity contribution in [1.82, 2.24) is 10.3 Å². The standard InChI is InChI=1S/C16H18BrClN2O/c1-10(2)19-9-14-13(18)5-7-16(20-14)21-15-6-4-12(17)8-11(15)3/h4-8,10,19H,9H2,1-3H3. The molecule has 21 heavy (non-hydrogen) atoms. The molecule has 1 aromatic carbocycles. The van der Waals surface area contributed by atoms with E-state index in [-0.39, 0.29) is 0 Å². The minimum atomic E-state index is 0.376. The number of hydrogen-bond acceptors (Lipinski definition) is 3. The summed E-state index contributed by atoms with van der Waals surface area (Å²) in [7, 11) is 0. The van der Waals surface area contributed by atoms with Crippen LogP contribution in [0, 0.1) is 6.92 Å². The van der Waals surface area contributed by atoms with Gasteiger partial charge in [-0.3, -0.25) is 0 Å². The normalized spacial score (nSPS) is 11.0. The molecule has 3 nitrogen and oxygen atoms in total. The Balaban J connectivity index is 2.18. The first kappa shape index (κ1) is 16.3. The molecule has 0 radical (unpaired) electrons. The number of rotatable bonds is 5. The fourth-order valence-electron chi connectivity index (χ4n) is 1.79. The lowest BCUT2D eigenvalue weighted by molar-refractivity contribution is 0.455. The SMILES string of the molecule is Cc1cc(Br)ccc1Oc1ccc(Cl)c(CNC(C)C)n1. The average molecular weight is 370 g/mol. The van der Waals surface area contributed by atoms with Crippen LogP contribution in [0.4, 0.5) is 0 Å². The maximum Gasteiger partial charge on any atom is 0.219 e. The van der Waals surface area contributed by atoms with Crippen molar-refractivity contribution in [2.75, 3.05) is 0 Å². The Labute approximate surface area is 138 Å². The number of halogens is 2. The van der Waals surface area contributed by atoms with Gasteiger partial charge < -0.3 is 10.1 Å². The molecule has 5 heteroatoms. The molecular formula is C16H18BrClN2O. The number of ether oxygens (including phenoxy) is 1. The van der Waals surface area contributed by atoms with Gasteiger partial charge in [0.25, 0.3) is 0 Å². The van der Waals surface area contributed by atoms with Gasteiger partial charge in [-0.15, -0.1) is 0 Å². The molecular weight excluding hydrogens is 352 g/mol. The highest BCUT2D eigenvalue weighted by molar-refractivity contribution is 9.10. The van der Waals surface area contributed by atoms with E-state index in [1.807, 2.05) is 31.2 Å². The number of nitrogens with one attached hydrogen (secondary N) is 1. The molecule has 0 bridgehead atoms. The predicted molar refractivity (Wildman–Crippen MR) is 90.2 cm³/mol. The van der Waals surface area contributed by atoms with Crippen LogP contribution in [-0.4, -0.2) is 11.0 Å². The number of pyridine rings is 1. The second-order valence-corrected chi connectivity index (χ2v) is 6.45. The van der Waals surface area contributed by atoms with Crippen LogP contribution in [0.25, 0.3) is 0 Å². The van der Waals surface area contributed by atoms with Crippen molar-refractivity contribution < 1.29 is 4.74 Å². The second-order valence-electron chi connectivity index (χ2n) is 5.13. The van der Waals surface area contributed by atoms with Crippen LogP contribution in [0.1, 0.15) is 25.1 Å². The lowest BCUT2D eigenvalue weighted by Crippen LogP contribution is -2.22. The molecule has 0 saturated carbocycles. The number of benzene rings is 1. The molecule has 2 aromatic rings. The Morgan fingerprint density at radius 3 is 2.71 bits per heavy atom. The molecule has 0 aliphatic heterocycles. The van der Waals surface area contributed by atoms with E-state index in [0.717, 1.165) is 21.5 Å². The summed E-state index contributed by atoms with van der Waals surface area (Å²) in [4.78, 5) is 4.47. The molecule has 112 valence electrons. The maximum atomic E-state index is 6.17. The van der Waals surface area contributed by atoms with Gasteiger partial charge in [0, 0.05) is 23.1 Å². The van der Waals surface area contributed by atoms with Gasteiger partial charge in [0.1, 0.15) is 5.75 Å². The van der Waals surface area contributed by atoms with Crippen LogP contribution in [0.3, 0.4) is 0 Å². The summed E-state index contributed by atoms with van der Waals surface area (Å²) in [6.07, 6.45) is 0. The van der Waals surface area contributed by atoms with Crippen molar-refractivity contribution in [2.45, 2.75) is 33.4 Å². The van der Waals surface area contributed by atoms with E-state index in [4.69, 9.17) is 16.3 Å². The molecule has 0 amide bonds. The van der Waals surface area contributed by atoms with Gasteiger partial charge in [-0.25, -0.2) is 4.98 Å². The molecule has 1 heterocycles. The summed E-state index contributed by atoms with van der Waals surface area (Å²) < 4.78 is 6.87. The third-order valence-electron chi connectivity index (χ3n) is 2.92. The number of nitrogens with zero attached hydrogens (tertiary/aromatic N) is 1. The first-order chi connectivity index (χ1) is 9.95. The van der Waals surface area contributed by atoms with E-state index < -0.39 is 0 Å². The number of aromatic nitrogens is 1. The summed E-state index contributed by atoms with van der Waals surface area (Å²) in [5.74, 6) is 1.33. The van der Waals surface area contributed by atoms with Crippen molar-refractivity contribution in [2.24, 2.45) is 0 Å².